The van der Waals surface area contributed by atoms with Gasteiger partial charge in [-0.3, -0.25) is 4.90 Å². The second-order valence-corrected chi connectivity index (χ2v) is 8.25. The lowest BCUT2D eigenvalue weighted by molar-refractivity contribution is 0.0589. The Hall–Kier alpha value is -1.23. The average Bonchev–Trinajstić information content (AvgIpc) is 3.02. The quantitative estimate of drug-likeness (QED) is 0.782. The fourth-order valence-electron chi connectivity index (χ4n) is 3.06. The van der Waals surface area contributed by atoms with Gasteiger partial charge in [0.1, 0.15) is 5.60 Å². The molecule has 0 aromatic heterocycles. The minimum Gasteiger partial charge on any atom is -0.443 e. The van der Waals surface area contributed by atoms with Crippen LogP contribution in [-0.2, 0) is 4.74 Å². The van der Waals surface area contributed by atoms with Gasteiger partial charge in [-0.25, -0.2) is 4.79 Å². The Labute approximate surface area is 140 Å². The lowest BCUT2D eigenvalue weighted by atomic mass is 10.2. The van der Waals surface area contributed by atoms with E-state index < -0.39 is 5.60 Å². The molecule has 0 bridgehead atoms. The van der Waals surface area contributed by atoms with Crippen LogP contribution < -0.4 is 9.80 Å². The molecule has 0 radical (unpaired) electrons. The molecule has 1 aromatic rings. The standard InChI is InChI=1S/C17H23BrN2O2/c1-17(2,3)22-16(21)19(4)14-6-5-13(18)8-15(14)20-9-11-7-12(11)10-20/h5-6,8,11-12H,7,9-10H2,1-4H3. The maximum absolute atomic E-state index is 12.4. The third-order valence-electron chi connectivity index (χ3n) is 4.29. The van der Waals surface area contributed by atoms with Crippen molar-refractivity contribution in [2.24, 2.45) is 11.8 Å². The first kappa shape index (κ1) is 15.7. The highest BCUT2D eigenvalue weighted by molar-refractivity contribution is 9.10. The second kappa shape index (κ2) is 5.44. The largest absolute Gasteiger partial charge is 0.443 e. The number of carbonyl (C=O) groups is 1. The van der Waals surface area contributed by atoms with Gasteiger partial charge in [-0.05, 0) is 57.2 Å². The number of hydrogen-bond acceptors (Lipinski definition) is 3. The maximum atomic E-state index is 12.4. The molecule has 1 aromatic carbocycles. The van der Waals surface area contributed by atoms with Crippen LogP contribution in [0.3, 0.4) is 0 Å². The summed E-state index contributed by atoms with van der Waals surface area (Å²) in [5.41, 5.74) is 1.52. The molecule has 1 heterocycles. The van der Waals surface area contributed by atoms with Gasteiger partial charge in [0.2, 0.25) is 0 Å². The van der Waals surface area contributed by atoms with Gasteiger partial charge in [0.15, 0.2) is 0 Å². The number of halogens is 1. The molecule has 0 spiro atoms. The van der Waals surface area contributed by atoms with E-state index in [0.29, 0.717) is 0 Å². The summed E-state index contributed by atoms with van der Waals surface area (Å²) in [6, 6.07) is 6.05. The second-order valence-electron chi connectivity index (χ2n) is 7.33. The highest BCUT2D eigenvalue weighted by Crippen LogP contribution is 2.48. The molecule has 2 atom stereocenters. The van der Waals surface area contributed by atoms with Gasteiger partial charge in [0.05, 0.1) is 11.4 Å². The molecule has 2 unspecified atom stereocenters. The van der Waals surface area contributed by atoms with Crippen molar-refractivity contribution in [3.05, 3.63) is 22.7 Å². The van der Waals surface area contributed by atoms with Crippen molar-refractivity contribution in [1.29, 1.82) is 0 Å². The molecule has 1 amide bonds. The SMILES string of the molecule is CN(C(=O)OC(C)(C)C)c1ccc(Br)cc1N1CC2CC2C1. The lowest BCUT2D eigenvalue weighted by Gasteiger charge is -2.29. The van der Waals surface area contributed by atoms with Crippen molar-refractivity contribution >= 4 is 33.4 Å². The van der Waals surface area contributed by atoms with E-state index in [2.05, 4.69) is 26.9 Å². The van der Waals surface area contributed by atoms with Gasteiger partial charge in [-0.15, -0.1) is 0 Å². The Morgan fingerprint density at radius 3 is 2.55 bits per heavy atom. The van der Waals surface area contributed by atoms with Crippen molar-refractivity contribution in [3.8, 4) is 0 Å². The monoisotopic (exact) mass is 366 g/mol. The zero-order valence-electron chi connectivity index (χ0n) is 13.6. The van der Waals surface area contributed by atoms with E-state index in [0.717, 1.165) is 40.8 Å². The van der Waals surface area contributed by atoms with Crippen LogP contribution in [0.1, 0.15) is 27.2 Å². The van der Waals surface area contributed by atoms with E-state index >= 15 is 0 Å². The van der Waals surface area contributed by atoms with Crippen LogP contribution in [0.15, 0.2) is 22.7 Å². The summed E-state index contributed by atoms with van der Waals surface area (Å²) in [6.45, 7) is 7.84. The summed E-state index contributed by atoms with van der Waals surface area (Å²) >= 11 is 3.54. The molecule has 1 saturated carbocycles. The van der Waals surface area contributed by atoms with Gasteiger partial charge in [-0.1, -0.05) is 15.9 Å². The smallest absolute Gasteiger partial charge is 0.414 e. The number of rotatable bonds is 2. The molecular weight excluding hydrogens is 344 g/mol. The van der Waals surface area contributed by atoms with E-state index in [1.54, 1.807) is 11.9 Å². The van der Waals surface area contributed by atoms with Crippen molar-refractivity contribution in [2.75, 3.05) is 29.9 Å². The van der Waals surface area contributed by atoms with E-state index in [4.69, 9.17) is 4.74 Å². The van der Waals surface area contributed by atoms with Gasteiger partial charge in [0, 0.05) is 24.6 Å². The predicted molar refractivity (Wildman–Crippen MR) is 92.6 cm³/mol. The Kier molecular flexibility index (Phi) is 3.87. The molecule has 1 aliphatic heterocycles. The molecule has 1 saturated heterocycles. The zero-order chi connectivity index (χ0) is 16.1. The van der Waals surface area contributed by atoms with Crippen LogP contribution in [0.25, 0.3) is 0 Å². The normalized spacial score (nSPS) is 23.2. The van der Waals surface area contributed by atoms with Crippen LogP contribution in [0.4, 0.5) is 16.2 Å². The van der Waals surface area contributed by atoms with Crippen LogP contribution in [0, 0.1) is 11.8 Å². The highest BCUT2D eigenvalue weighted by Gasteiger charge is 2.45. The summed E-state index contributed by atoms with van der Waals surface area (Å²) < 4.78 is 6.52. The van der Waals surface area contributed by atoms with E-state index in [-0.39, 0.29) is 6.09 Å². The molecule has 4 nitrogen and oxygen atoms in total. The number of fused-ring (bicyclic) bond motifs is 1. The van der Waals surface area contributed by atoms with E-state index in [9.17, 15) is 4.79 Å². The highest BCUT2D eigenvalue weighted by atomic mass is 79.9. The number of nitrogens with zero attached hydrogens (tertiary/aromatic N) is 2. The summed E-state index contributed by atoms with van der Waals surface area (Å²) in [6.07, 6.45) is 1.04. The Bertz CT molecular complexity index is 587. The molecule has 120 valence electrons. The summed E-state index contributed by atoms with van der Waals surface area (Å²) in [5.74, 6) is 1.69. The van der Waals surface area contributed by atoms with Crippen LogP contribution in [-0.4, -0.2) is 31.8 Å². The van der Waals surface area contributed by atoms with Crippen LogP contribution in [0.5, 0.6) is 0 Å². The van der Waals surface area contributed by atoms with Gasteiger partial charge >= 0.3 is 6.09 Å². The third kappa shape index (κ3) is 3.24. The molecule has 5 heteroatoms. The van der Waals surface area contributed by atoms with Gasteiger partial charge in [0.25, 0.3) is 0 Å². The number of ether oxygens (including phenoxy) is 1. The van der Waals surface area contributed by atoms with Gasteiger partial charge < -0.3 is 9.64 Å². The fraction of sp³-hybridized carbons (Fsp3) is 0.588. The van der Waals surface area contributed by atoms with Crippen molar-refractivity contribution in [3.63, 3.8) is 0 Å². The Morgan fingerprint density at radius 2 is 1.95 bits per heavy atom. The van der Waals surface area contributed by atoms with Crippen molar-refractivity contribution in [1.82, 2.24) is 0 Å². The molecular formula is C17H23BrN2O2. The number of piperidine rings is 1. The topological polar surface area (TPSA) is 32.8 Å². The first-order chi connectivity index (χ1) is 10.2. The molecule has 22 heavy (non-hydrogen) atoms. The number of hydrogen-bond donors (Lipinski definition) is 0. The summed E-state index contributed by atoms with van der Waals surface area (Å²) in [5, 5.41) is 0. The number of benzene rings is 1. The van der Waals surface area contributed by atoms with Crippen molar-refractivity contribution in [2.45, 2.75) is 32.8 Å². The minimum absolute atomic E-state index is 0.319. The molecule has 2 fully saturated rings. The Morgan fingerprint density at radius 1 is 1.32 bits per heavy atom. The van der Waals surface area contributed by atoms with Gasteiger partial charge in [-0.2, -0.15) is 0 Å². The van der Waals surface area contributed by atoms with Crippen LogP contribution >= 0.6 is 15.9 Å². The fourth-order valence-corrected chi connectivity index (χ4v) is 3.41. The molecule has 3 rings (SSSR count). The van der Waals surface area contributed by atoms with E-state index in [1.807, 2.05) is 32.9 Å². The van der Waals surface area contributed by atoms with E-state index in [1.165, 1.54) is 6.42 Å². The maximum Gasteiger partial charge on any atom is 0.414 e. The third-order valence-corrected chi connectivity index (χ3v) is 4.78. The van der Waals surface area contributed by atoms with Crippen LogP contribution in [0.2, 0.25) is 0 Å². The first-order valence-corrected chi connectivity index (χ1v) is 8.55. The minimum atomic E-state index is -0.490. The lowest BCUT2D eigenvalue weighted by Crippen LogP contribution is -2.35. The Balaban J connectivity index is 1.84. The average molecular weight is 367 g/mol. The number of amides is 1. The summed E-state index contributed by atoms with van der Waals surface area (Å²) in [7, 11) is 1.78. The molecule has 1 aliphatic carbocycles. The molecule has 0 N–H and O–H groups in total. The van der Waals surface area contributed by atoms with Crippen molar-refractivity contribution < 1.29 is 9.53 Å². The zero-order valence-corrected chi connectivity index (χ0v) is 15.2. The summed E-state index contributed by atoms with van der Waals surface area (Å²) in [4.78, 5) is 16.4. The molecule has 2 aliphatic rings. The number of anilines is 2. The number of carbonyl (C=O) groups excluding carboxylic acids is 1. The predicted octanol–water partition coefficient (Wildman–Crippen LogP) is 4.28. The first-order valence-electron chi connectivity index (χ1n) is 7.76.